The molecule has 0 radical (unpaired) electrons. The highest BCUT2D eigenvalue weighted by Crippen LogP contribution is 2.90. The monoisotopic (exact) mass is 1060 g/mol. The number of fused-ring (bicyclic) bond motifs is 5. The van der Waals surface area contributed by atoms with Gasteiger partial charge in [0.15, 0.2) is 0 Å². The SMILES string of the molecule is CC.CC.CC.CCCC(C)CC.CCCC12C(CCC3(C)C(CCCCC(C)C)CCC31S)C21CCC(C)CC1.CCCCCCCCCCCCCCCCCCC(C)CC(CC)CCCCCCCCC. The van der Waals surface area contributed by atoms with Gasteiger partial charge in [-0.2, -0.15) is 12.6 Å². The first kappa shape index (κ1) is 76.4. The van der Waals surface area contributed by atoms with E-state index in [1.165, 1.54) is 283 Å². The van der Waals surface area contributed by atoms with Crippen molar-refractivity contribution in [3.8, 4) is 0 Å². The molecule has 0 aliphatic heterocycles. The zero-order valence-electron chi connectivity index (χ0n) is 55.6. The Morgan fingerprint density at radius 3 is 1.28 bits per heavy atom. The van der Waals surface area contributed by atoms with Gasteiger partial charge >= 0.3 is 0 Å². The molecule has 0 saturated heterocycles. The molecule has 1 spiro atoms. The highest BCUT2D eigenvalue weighted by Gasteiger charge is 2.85. The van der Waals surface area contributed by atoms with E-state index in [1.54, 1.807) is 0 Å². The van der Waals surface area contributed by atoms with E-state index in [-0.39, 0.29) is 0 Å². The summed E-state index contributed by atoms with van der Waals surface area (Å²) in [7, 11) is 0. The van der Waals surface area contributed by atoms with Crippen LogP contribution in [0.25, 0.3) is 0 Å². The molecule has 0 aromatic heterocycles. The summed E-state index contributed by atoms with van der Waals surface area (Å²) in [4.78, 5) is 0. The van der Waals surface area contributed by atoms with Crippen molar-refractivity contribution in [3.63, 3.8) is 0 Å². The summed E-state index contributed by atoms with van der Waals surface area (Å²) in [5.74, 6) is 6.68. The first-order chi connectivity index (χ1) is 35.8. The second-order valence-corrected chi connectivity index (χ2v) is 27.0. The van der Waals surface area contributed by atoms with Gasteiger partial charge in [0, 0.05) is 4.75 Å². The van der Waals surface area contributed by atoms with Crippen LogP contribution >= 0.6 is 12.6 Å². The lowest BCUT2D eigenvalue weighted by Gasteiger charge is -2.54. The Morgan fingerprint density at radius 2 is 0.878 bits per heavy atom. The van der Waals surface area contributed by atoms with Crippen LogP contribution in [0.4, 0.5) is 0 Å². The van der Waals surface area contributed by atoms with Crippen molar-refractivity contribution in [2.45, 2.75) is 412 Å². The van der Waals surface area contributed by atoms with Crippen LogP contribution in [0.3, 0.4) is 0 Å². The van der Waals surface area contributed by atoms with E-state index in [1.807, 2.05) is 41.5 Å². The third-order valence-corrected chi connectivity index (χ3v) is 21.5. The van der Waals surface area contributed by atoms with E-state index in [2.05, 4.69) is 83.1 Å². The molecule has 4 aliphatic carbocycles. The molecule has 4 aliphatic rings. The quantitative estimate of drug-likeness (QED) is 0.0462. The smallest absolute Gasteiger partial charge is 0.0250 e. The summed E-state index contributed by atoms with van der Waals surface area (Å²) < 4.78 is 0.322. The molecule has 4 rings (SSSR count). The predicted molar refractivity (Wildman–Crippen MR) is 349 cm³/mol. The molecular weight excluding hydrogens is 909 g/mol. The van der Waals surface area contributed by atoms with Crippen LogP contribution in [0.5, 0.6) is 0 Å². The Balaban J connectivity index is 0. The highest BCUT2D eigenvalue weighted by atomic mass is 32.1. The van der Waals surface area contributed by atoms with Gasteiger partial charge in [-0.05, 0) is 115 Å². The van der Waals surface area contributed by atoms with Gasteiger partial charge in [0.05, 0.1) is 0 Å². The molecule has 4 saturated carbocycles. The number of unbranched alkanes of at least 4 members (excludes halogenated alkanes) is 22. The Hall–Kier alpha value is 0.350. The van der Waals surface area contributed by atoms with Gasteiger partial charge in [-0.1, -0.05) is 349 Å². The van der Waals surface area contributed by atoms with Crippen LogP contribution < -0.4 is 0 Å². The van der Waals surface area contributed by atoms with Gasteiger partial charge in [-0.25, -0.2) is 0 Å². The van der Waals surface area contributed by atoms with Crippen molar-refractivity contribution in [1.29, 1.82) is 0 Å². The highest BCUT2D eigenvalue weighted by molar-refractivity contribution is 7.82. The lowest BCUT2D eigenvalue weighted by molar-refractivity contribution is 0.0465. The molecule has 4 fully saturated rings. The minimum atomic E-state index is 0.322. The molecule has 0 N–H and O–H groups in total. The van der Waals surface area contributed by atoms with Crippen LogP contribution in [0.2, 0.25) is 0 Å². The van der Waals surface area contributed by atoms with Crippen molar-refractivity contribution in [1.82, 2.24) is 0 Å². The first-order valence-corrected chi connectivity index (χ1v) is 36.0. The molecule has 0 aromatic rings. The summed E-state index contributed by atoms with van der Waals surface area (Å²) in [6, 6.07) is 0. The molecule has 0 bridgehead atoms. The van der Waals surface area contributed by atoms with Gasteiger partial charge in [0.25, 0.3) is 0 Å². The zero-order valence-corrected chi connectivity index (χ0v) is 56.5. The molecule has 0 heterocycles. The molecular formula is C73H150S. The molecule has 0 aromatic carbocycles. The maximum Gasteiger partial charge on any atom is 0.0250 e. The topological polar surface area (TPSA) is 0 Å². The Labute approximate surface area is 479 Å². The van der Waals surface area contributed by atoms with Crippen LogP contribution in [0.1, 0.15) is 407 Å². The van der Waals surface area contributed by atoms with E-state index >= 15 is 0 Å². The largest absolute Gasteiger partial charge is 0.171 e. The van der Waals surface area contributed by atoms with Crippen LogP contribution in [0.15, 0.2) is 0 Å². The summed E-state index contributed by atoms with van der Waals surface area (Å²) >= 11 is 5.79. The van der Waals surface area contributed by atoms with E-state index < -0.39 is 0 Å². The van der Waals surface area contributed by atoms with E-state index in [4.69, 9.17) is 12.6 Å². The molecule has 8 atom stereocenters. The fourth-order valence-corrected chi connectivity index (χ4v) is 16.6. The summed E-state index contributed by atoms with van der Waals surface area (Å²) in [6.07, 6.45) is 64.2. The molecule has 8 unspecified atom stereocenters. The number of hydrogen-bond acceptors (Lipinski definition) is 1. The fourth-order valence-electron chi connectivity index (χ4n) is 15.7. The lowest BCUT2D eigenvalue weighted by atomic mass is 9.57. The van der Waals surface area contributed by atoms with Gasteiger partial charge < -0.3 is 0 Å². The molecule has 0 amide bonds. The normalized spacial score (nSPS) is 26.5. The summed E-state index contributed by atoms with van der Waals surface area (Å²) in [5.41, 5.74) is 1.76. The van der Waals surface area contributed by atoms with Crippen molar-refractivity contribution < 1.29 is 0 Å². The molecule has 448 valence electrons. The Bertz CT molecular complexity index is 1150. The summed E-state index contributed by atoms with van der Waals surface area (Å²) in [6.45, 7) is 40.8. The molecule has 74 heavy (non-hydrogen) atoms. The maximum atomic E-state index is 5.79. The molecule has 0 nitrogen and oxygen atoms in total. The van der Waals surface area contributed by atoms with Gasteiger partial charge in [-0.15, -0.1) is 0 Å². The standard InChI is InChI=1S/C33H68.C27H48S.C7H16.3C2H6/c1-5-8-10-12-14-15-16-17-18-19-20-21-22-24-25-27-29-32(4)31-33(7-3)30-28-26-23-13-11-9-6-2;1-6-15-26-23(25(26)17-11-21(4)12-18-25)14-16-24(5)22(13-19-27(24,26)28)10-8-7-9-20(2)3;1-4-6-7(3)5-2;3*1-2/h32-33H,5-31H2,1-4H3;20-23,28H,6-19H2,1-5H3;7H,4-6H2,1-3H3;3*1-2H3. The second kappa shape index (κ2) is 48.1. The third kappa shape index (κ3) is 27.2. The van der Waals surface area contributed by atoms with Crippen LogP contribution in [0, 0.1) is 57.7 Å². The summed E-state index contributed by atoms with van der Waals surface area (Å²) in [5, 5.41) is 0. The number of rotatable bonds is 38. The van der Waals surface area contributed by atoms with E-state index in [0.717, 1.165) is 41.4 Å². The number of thiol groups is 1. The van der Waals surface area contributed by atoms with Crippen molar-refractivity contribution in [2.75, 3.05) is 0 Å². The average molecular weight is 1060 g/mol. The van der Waals surface area contributed by atoms with Crippen LogP contribution in [-0.4, -0.2) is 4.75 Å². The zero-order chi connectivity index (χ0) is 56.2. The van der Waals surface area contributed by atoms with Crippen molar-refractivity contribution >= 4 is 12.6 Å². The predicted octanol–water partition coefficient (Wildman–Crippen LogP) is 27.4. The van der Waals surface area contributed by atoms with Crippen molar-refractivity contribution in [3.05, 3.63) is 0 Å². The van der Waals surface area contributed by atoms with Crippen molar-refractivity contribution in [2.24, 2.45) is 57.7 Å². The fraction of sp³-hybridized carbons (Fsp3) is 1.00. The minimum Gasteiger partial charge on any atom is -0.171 e. The first-order valence-electron chi connectivity index (χ1n) is 35.5. The van der Waals surface area contributed by atoms with E-state index in [0.29, 0.717) is 21.0 Å². The van der Waals surface area contributed by atoms with Gasteiger partial charge in [-0.3, -0.25) is 0 Å². The average Bonchev–Trinajstić information content (AvgIpc) is 3.86. The Morgan fingerprint density at radius 1 is 0.432 bits per heavy atom. The second-order valence-electron chi connectivity index (χ2n) is 26.3. The third-order valence-electron chi connectivity index (χ3n) is 20.4. The number of hydrogen-bond donors (Lipinski definition) is 1. The lowest BCUT2D eigenvalue weighted by Crippen LogP contribution is -2.52. The Kier molecular flexibility index (Phi) is 49.7. The van der Waals surface area contributed by atoms with E-state index in [9.17, 15) is 0 Å². The van der Waals surface area contributed by atoms with Gasteiger partial charge in [0.1, 0.15) is 0 Å². The van der Waals surface area contributed by atoms with Crippen LogP contribution in [-0.2, 0) is 0 Å². The molecule has 1 heteroatoms. The maximum absolute atomic E-state index is 5.79. The minimum absolute atomic E-state index is 0.322. The van der Waals surface area contributed by atoms with Gasteiger partial charge in [0.2, 0.25) is 0 Å².